The molecule has 0 aromatic carbocycles. The predicted molar refractivity (Wildman–Crippen MR) is 68.3 cm³/mol. The molecule has 0 aromatic rings. The summed E-state index contributed by atoms with van der Waals surface area (Å²) in [4.78, 5) is 11.3. The number of unbranched alkanes of at least 4 members (excludes halogenated alkanes) is 1. The monoisotopic (exact) mass is 228 g/mol. The fraction of sp³-hybridized carbons (Fsp3) is 0.929. The van der Waals surface area contributed by atoms with Gasteiger partial charge in [-0.2, -0.15) is 0 Å². The van der Waals surface area contributed by atoms with Crippen molar-refractivity contribution in [2.45, 2.75) is 59.8 Å². The van der Waals surface area contributed by atoms with Gasteiger partial charge in [0, 0.05) is 0 Å². The smallest absolute Gasteiger partial charge is 0.308 e. The van der Waals surface area contributed by atoms with E-state index < -0.39 is 0 Å². The zero-order valence-corrected chi connectivity index (χ0v) is 11.6. The van der Waals surface area contributed by atoms with E-state index in [0.29, 0.717) is 5.92 Å². The lowest BCUT2D eigenvalue weighted by Gasteiger charge is -2.19. The Balaban J connectivity index is 3.79. The Labute approximate surface area is 101 Å². The van der Waals surface area contributed by atoms with Gasteiger partial charge in [-0.3, -0.25) is 4.79 Å². The first-order chi connectivity index (χ1) is 7.51. The van der Waals surface area contributed by atoms with E-state index in [4.69, 9.17) is 4.74 Å². The second kappa shape index (κ2) is 8.60. The third-order valence-corrected chi connectivity index (χ3v) is 3.21. The van der Waals surface area contributed by atoms with Gasteiger partial charge >= 0.3 is 5.97 Å². The number of ether oxygens (including phenoxy) is 1. The zero-order chi connectivity index (χ0) is 12.6. The van der Waals surface area contributed by atoms with Crippen LogP contribution in [0.2, 0.25) is 0 Å². The Morgan fingerprint density at radius 1 is 1.12 bits per heavy atom. The topological polar surface area (TPSA) is 26.3 Å². The normalized spacial score (nSPS) is 16.6. The molecule has 0 fully saturated rings. The number of hydrogen-bond donors (Lipinski definition) is 0. The van der Waals surface area contributed by atoms with Gasteiger partial charge in [0.1, 0.15) is 0 Å². The van der Waals surface area contributed by atoms with Crippen molar-refractivity contribution in [3.05, 3.63) is 0 Å². The summed E-state index contributed by atoms with van der Waals surface area (Å²) in [6, 6.07) is 0. The SMILES string of the molecule is CCCCC(C)CC(C)CC(C)C(=O)OC. The Morgan fingerprint density at radius 3 is 2.25 bits per heavy atom. The molecule has 0 bridgehead atoms. The number of esters is 1. The molecule has 0 spiro atoms. The van der Waals surface area contributed by atoms with Gasteiger partial charge in [0.25, 0.3) is 0 Å². The number of methoxy groups -OCH3 is 1. The van der Waals surface area contributed by atoms with Gasteiger partial charge < -0.3 is 4.74 Å². The van der Waals surface area contributed by atoms with Crippen LogP contribution in [0.15, 0.2) is 0 Å². The second-order valence-electron chi connectivity index (χ2n) is 5.25. The lowest BCUT2D eigenvalue weighted by atomic mass is 9.87. The zero-order valence-electron chi connectivity index (χ0n) is 11.6. The largest absolute Gasteiger partial charge is 0.469 e. The maximum absolute atomic E-state index is 11.3. The molecule has 96 valence electrons. The van der Waals surface area contributed by atoms with E-state index >= 15 is 0 Å². The molecule has 0 aliphatic rings. The number of carbonyl (C=O) groups is 1. The molecule has 0 amide bonds. The van der Waals surface area contributed by atoms with Gasteiger partial charge in [-0.05, 0) is 24.7 Å². The standard InChI is InChI=1S/C14H28O2/c1-6-7-8-11(2)9-12(3)10-13(4)14(15)16-5/h11-13H,6-10H2,1-5H3. The minimum absolute atomic E-state index is 0.0402. The van der Waals surface area contributed by atoms with E-state index in [2.05, 4.69) is 20.8 Å². The van der Waals surface area contributed by atoms with E-state index in [1.807, 2.05) is 6.92 Å². The lowest BCUT2D eigenvalue weighted by molar-refractivity contribution is -0.145. The molecule has 0 saturated heterocycles. The first kappa shape index (κ1) is 15.5. The Bertz CT molecular complexity index is 189. The first-order valence-electron chi connectivity index (χ1n) is 6.59. The van der Waals surface area contributed by atoms with Crippen molar-refractivity contribution in [2.24, 2.45) is 17.8 Å². The van der Waals surface area contributed by atoms with Gasteiger partial charge in [-0.25, -0.2) is 0 Å². The van der Waals surface area contributed by atoms with Crippen molar-refractivity contribution >= 4 is 5.97 Å². The average molecular weight is 228 g/mol. The van der Waals surface area contributed by atoms with Crippen molar-refractivity contribution in [1.29, 1.82) is 0 Å². The Morgan fingerprint density at radius 2 is 1.75 bits per heavy atom. The van der Waals surface area contributed by atoms with E-state index in [0.717, 1.165) is 12.3 Å². The van der Waals surface area contributed by atoms with Crippen molar-refractivity contribution < 1.29 is 9.53 Å². The third kappa shape index (κ3) is 6.86. The molecule has 0 aliphatic heterocycles. The number of hydrogen-bond acceptors (Lipinski definition) is 2. The molecule has 0 radical (unpaired) electrons. The molecule has 0 aliphatic carbocycles. The molecule has 16 heavy (non-hydrogen) atoms. The molecular weight excluding hydrogens is 200 g/mol. The minimum Gasteiger partial charge on any atom is -0.469 e. The minimum atomic E-state index is -0.0759. The average Bonchev–Trinajstić information content (AvgIpc) is 2.24. The predicted octanol–water partition coefficient (Wildman–Crippen LogP) is 4.04. The van der Waals surface area contributed by atoms with Gasteiger partial charge in [0.05, 0.1) is 13.0 Å². The van der Waals surface area contributed by atoms with Crippen LogP contribution in [0, 0.1) is 17.8 Å². The fourth-order valence-electron chi connectivity index (χ4n) is 2.35. The highest BCUT2D eigenvalue weighted by atomic mass is 16.5. The molecule has 0 saturated carbocycles. The molecule has 3 unspecified atom stereocenters. The number of carbonyl (C=O) groups excluding carboxylic acids is 1. The van der Waals surface area contributed by atoms with Crippen LogP contribution in [0.5, 0.6) is 0 Å². The van der Waals surface area contributed by atoms with Gasteiger partial charge in [-0.1, -0.05) is 47.0 Å². The Hall–Kier alpha value is -0.530. The highest BCUT2D eigenvalue weighted by Crippen LogP contribution is 2.23. The van der Waals surface area contributed by atoms with Crippen molar-refractivity contribution in [3.8, 4) is 0 Å². The molecule has 2 heteroatoms. The Kier molecular flexibility index (Phi) is 8.32. The summed E-state index contributed by atoms with van der Waals surface area (Å²) < 4.78 is 4.74. The summed E-state index contributed by atoms with van der Waals surface area (Å²) in [5.41, 5.74) is 0. The van der Waals surface area contributed by atoms with Crippen LogP contribution >= 0.6 is 0 Å². The summed E-state index contributed by atoms with van der Waals surface area (Å²) in [7, 11) is 1.47. The van der Waals surface area contributed by atoms with Crippen LogP contribution < -0.4 is 0 Å². The van der Waals surface area contributed by atoms with Crippen LogP contribution in [0.3, 0.4) is 0 Å². The molecular formula is C14H28O2. The van der Waals surface area contributed by atoms with Crippen LogP contribution in [0.1, 0.15) is 59.8 Å². The van der Waals surface area contributed by atoms with Crippen LogP contribution in [-0.4, -0.2) is 13.1 Å². The summed E-state index contributed by atoms with van der Waals surface area (Å²) in [6.07, 6.45) is 6.08. The summed E-state index contributed by atoms with van der Waals surface area (Å²) in [6.45, 7) is 8.74. The lowest BCUT2D eigenvalue weighted by Crippen LogP contribution is -2.16. The van der Waals surface area contributed by atoms with Gasteiger partial charge in [0.15, 0.2) is 0 Å². The van der Waals surface area contributed by atoms with Gasteiger partial charge in [-0.15, -0.1) is 0 Å². The number of rotatable bonds is 8. The van der Waals surface area contributed by atoms with E-state index in [1.165, 1.54) is 32.8 Å². The maximum atomic E-state index is 11.3. The van der Waals surface area contributed by atoms with Crippen LogP contribution in [-0.2, 0) is 9.53 Å². The molecule has 2 nitrogen and oxygen atoms in total. The van der Waals surface area contributed by atoms with Crippen molar-refractivity contribution in [1.82, 2.24) is 0 Å². The molecule has 3 atom stereocenters. The van der Waals surface area contributed by atoms with Crippen molar-refractivity contribution in [3.63, 3.8) is 0 Å². The quantitative estimate of drug-likeness (QED) is 0.586. The molecule has 0 N–H and O–H groups in total. The van der Waals surface area contributed by atoms with E-state index in [-0.39, 0.29) is 11.9 Å². The molecule has 0 heterocycles. The summed E-state index contributed by atoms with van der Waals surface area (Å²) in [5, 5.41) is 0. The molecule has 0 rings (SSSR count). The third-order valence-electron chi connectivity index (χ3n) is 3.21. The maximum Gasteiger partial charge on any atom is 0.308 e. The second-order valence-corrected chi connectivity index (χ2v) is 5.25. The highest BCUT2D eigenvalue weighted by molar-refractivity contribution is 5.71. The van der Waals surface area contributed by atoms with Crippen LogP contribution in [0.25, 0.3) is 0 Å². The highest BCUT2D eigenvalue weighted by Gasteiger charge is 2.18. The van der Waals surface area contributed by atoms with Crippen LogP contribution in [0.4, 0.5) is 0 Å². The summed E-state index contributed by atoms with van der Waals surface area (Å²) in [5.74, 6) is 1.35. The van der Waals surface area contributed by atoms with E-state index in [1.54, 1.807) is 0 Å². The summed E-state index contributed by atoms with van der Waals surface area (Å²) >= 11 is 0. The fourth-order valence-corrected chi connectivity index (χ4v) is 2.35. The first-order valence-corrected chi connectivity index (χ1v) is 6.59. The van der Waals surface area contributed by atoms with Crippen molar-refractivity contribution in [2.75, 3.05) is 7.11 Å². The van der Waals surface area contributed by atoms with E-state index in [9.17, 15) is 4.79 Å². The van der Waals surface area contributed by atoms with Gasteiger partial charge in [0.2, 0.25) is 0 Å². The molecule has 0 aromatic heterocycles.